The van der Waals surface area contributed by atoms with E-state index in [1.54, 1.807) is 25.3 Å². The molecule has 0 aliphatic rings. The summed E-state index contributed by atoms with van der Waals surface area (Å²) >= 11 is 1.46. The number of aliphatic hydroxyl groups is 1. The van der Waals surface area contributed by atoms with Gasteiger partial charge in [0.2, 0.25) is 0 Å². The summed E-state index contributed by atoms with van der Waals surface area (Å²) in [5.74, 6) is -0.230. The second-order valence-corrected chi connectivity index (χ2v) is 5.24. The van der Waals surface area contributed by atoms with Crippen molar-refractivity contribution in [1.29, 1.82) is 0 Å². The first-order valence-electron chi connectivity index (χ1n) is 5.65. The monoisotopic (exact) mass is 266 g/mol. The summed E-state index contributed by atoms with van der Waals surface area (Å²) in [6.45, 7) is 2.38. The van der Waals surface area contributed by atoms with E-state index in [9.17, 15) is 9.50 Å². The number of aromatic nitrogens is 1. The molecule has 2 rings (SSSR count). The maximum atomic E-state index is 12.8. The highest BCUT2D eigenvalue weighted by Gasteiger charge is 2.10. The molecule has 0 spiro atoms. The Labute approximate surface area is 110 Å². The molecule has 0 radical (unpaired) electrons. The van der Waals surface area contributed by atoms with E-state index in [-0.39, 0.29) is 5.82 Å². The van der Waals surface area contributed by atoms with E-state index in [0.717, 1.165) is 15.6 Å². The molecule has 0 aliphatic carbocycles. The van der Waals surface area contributed by atoms with Crippen molar-refractivity contribution in [3.63, 3.8) is 0 Å². The normalized spacial score (nSPS) is 12.4. The van der Waals surface area contributed by atoms with Crippen LogP contribution < -0.4 is 4.90 Å². The Hall–Kier alpha value is -1.46. The van der Waals surface area contributed by atoms with Gasteiger partial charge in [0.05, 0.1) is 11.0 Å². The molecular weight excluding hydrogens is 251 g/mol. The van der Waals surface area contributed by atoms with Gasteiger partial charge in [-0.05, 0) is 24.6 Å². The Balaban J connectivity index is 2.06. The van der Waals surface area contributed by atoms with Crippen LogP contribution in [-0.4, -0.2) is 17.1 Å². The van der Waals surface area contributed by atoms with E-state index in [0.29, 0.717) is 6.54 Å². The minimum Gasteiger partial charge on any atom is -0.388 e. The molecule has 0 bridgehead atoms. The zero-order chi connectivity index (χ0) is 13.1. The van der Waals surface area contributed by atoms with Crippen LogP contribution in [0.4, 0.5) is 9.52 Å². The van der Waals surface area contributed by atoms with E-state index < -0.39 is 6.10 Å². The average molecular weight is 266 g/mol. The minimum absolute atomic E-state index is 0.230. The fourth-order valence-corrected chi connectivity index (χ4v) is 2.39. The van der Waals surface area contributed by atoms with E-state index in [1.807, 2.05) is 11.9 Å². The molecule has 96 valence electrons. The van der Waals surface area contributed by atoms with Gasteiger partial charge in [0, 0.05) is 19.8 Å². The lowest BCUT2D eigenvalue weighted by Crippen LogP contribution is -2.15. The van der Waals surface area contributed by atoms with E-state index in [2.05, 4.69) is 4.98 Å². The van der Waals surface area contributed by atoms with Crippen LogP contribution in [0.3, 0.4) is 0 Å². The highest BCUT2D eigenvalue weighted by atomic mass is 32.1. The van der Waals surface area contributed by atoms with Crippen LogP contribution in [-0.2, 0) is 6.54 Å². The second-order valence-electron chi connectivity index (χ2n) is 4.20. The standard InChI is InChI=1S/C13H15FN2OS/c1-9(17)12-7-15-13(18-12)16(2)8-10-3-5-11(14)6-4-10/h3-7,9,17H,8H2,1-2H3. The summed E-state index contributed by atoms with van der Waals surface area (Å²) in [6, 6.07) is 6.42. The molecule has 0 saturated heterocycles. The number of benzene rings is 1. The van der Waals surface area contributed by atoms with Crippen molar-refractivity contribution < 1.29 is 9.50 Å². The van der Waals surface area contributed by atoms with Gasteiger partial charge in [0.25, 0.3) is 0 Å². The maximum Gasteiger partial charge on any atom is 0.185 e. The van der Waals surface area contributed by atoms with E-state index in [1.165, 1.54) is 23.5 Å². The van der Waals surface area contributed by atoms with Crippen molar-refractivity contribution in [2.75, 3.05) is 11.9 Å². The number of rotatable bonds is 4. The number of halogens is 1. The third kappa shape index (κ3) is 3.05. The van der Waals surface area contributed by atoms with Gasteiger partial charge >= 0.3 is 0 Å². The van der Waals surface area contributed by atoms with Gasteiger partial charge < -0.3 is 10.0 Å². The molecule has 0 saturated carbocycles. The molecule has 1 N–H and O–H groups in total. The summed E-state index contributed by atoms with van der Waals surface area (Å²) in [5, 5.41) is 10.3. The van der Waals surface area contributed by atoms with Gasteiger partial charge in [-0.1, -0.05) is 23.5 Å². The molecule has 0 amide bonds. The average Bonchev–Trinajstić information content (AvgIpc) is 2.81. The smallest absolute Gasteiger partial charge is 0.185 e. The van der Waals surface area contributed by atoms with Crippen LogP contribution in [0.15, 0.2) is 30.5 Å². The molecule has 1 heterocycles. The molecule has 0 fully saturated rings. The summed E-state index contributed by atoms with van der Waals surface area (Å²) in [7, 11) is 1.92. The Kier molecular flexibility index (Phi) is 3.93. The van der Waals surface area contributed by atoms with Crippen LogP contribution in [0, 0.1) is 5.82 Å². The molecule has 0 aliphatic heterocycles. The molecule has 3 nitrogen and oxygen atoms in total. The van der Waals surface area contributed by atoms with Crippen LogP contribution >= 0.6 is 11.3 Å². The molecule has 5 heteroatoms. The first kappa shape index (κ1) is 13.0. The topological polar surface area (TPSA) is 36.4 Å². The molecule has 1 atom stereocenters. The van der Waals surface area contributed by atoms with Crippen molar-refractivity contribution >= 4 is 16.5 Å². The Morgan fingerprint density at radius 2 is 2.06 bits per heavy atom. The summed E-state index contributed by atoms with van der Waals surface area (Å²) in [5.41, 5.74) is 1.02. The number of thiazole rings is 1. The first-order chi connectivity index (χ1) is 8.56. The van der Waals surface area contributed by atoms with Gasteiger partial charge in [-0.2, -0.15) is 0 Å². The highest BCUT2D eigenvalue weighted by Crippen LogP contribution is 2.27. The van der Waals surface area contributed by atoms with Crippen molar-refractivity contribution in [1.82, 2.24) is 4.98 Å². The summed E-state index contributed by atoms with van der Waals surface area (Å²) < 4.78 is 12.8. The maximum absolute atomic E-state index is 12.8. The van der Waals surface area contributed by atoms with Crippen molar-refractivity contribution in [3.05, 3.63) is 46.7 Å². The quantitative estimate of drug-likeness (QED) is 0.924. The van der Waals surface area contributed by atoms with Gasteiger partial charge in [-0.15, -0.1) is 0 Å². The number of anilines is 1. The zero-order valence-electron chi connectivity index (χ0n) is 10.3. The van der Waals surface area contributed by atoms with Crippen molar-refractivity contribution in [2.45, 2.75) is 19.6 Å². The van der Waals surface area contributed by atoms with Gasteiger partial charge in [-0.3, -0.25) is 0 Å². The van der Waals surface area contributed by atoms with Gasteiger partial charge in [0.15, 0.2) is 5.13 Å². The Morgan fingerprint density at radius 1 is 1.39 bits per heavy atom. The third-order valence-corrected chi connectivity index (χ3v) is 3.86. The SMILES string of the molecule is CC(O)c1cnc(N(C)Cc2ccc(F)cc2)s1. The lowest BCUT2D eigenvalue weighted by molar-refractivity contribution is 0.203. The largest absolute Gasteiger partial charge is 0.388 e. The van der Waals surface area contributed by atoms with E-state index in [4.69, 9.17) is 0 Å². The van der Waals surface area contributed by atoms with Gasteiger partial charge in [-0.25, -0.2) is 9.37 Å². The first-order valence-corrected chi connectivity index (χ1v) is 6.47. The summed E-state index contributed by atoms with van der Waals surface area (Å²) in [4.78, 5) is 7.08. The fraction of sp³-hybridized carbons (Fsp3) is 0.308. The van der Waals surface area contributed by atoms with Crippen LogP contribution in [0.1, 0.15) is 23.5 Å². The Bertz CT molecular complexity index is 510. The third-order valence-electron chi connectivity index (χ3n) is 2.58. The van der Waals surface area contributed by atoms with Crippen LogP contribution in [0.2, 0.25) is 0 Å². The van der Waals surface area contributed by atoms with Gasteiger partial charge in [0.1, 0.15) is 5.82 Å². The van der Waals surface area contributed by atoms with Crippen LogP contribution in [0.25, 0.3) is 0 Å². The molecule has 1 aromatic carbocycles. The molecular formula is C13H15FN2OS. The van der Waals surface area contributed by atoms with Crippen molar-refractivity contribution in [2.24, 2.45) is 0 Å². The molecule has 1 aromatic heterocycles. The molecule has 2 aromatic rings. The Morgan fingerprint density at radius 3 is 2.61 bits per heavy atom. The fourth-order valence-electron chi connectivity index (χ4n) is 1.58. The molecule has 18 heavy (non-hydrogen) atoms. The summed E-state index contributed by atoms with van der Waals surface area (Å²) in [6.07, 6.45) is 1.20. The lowest BCUT2D eigenvalue weighted by atomic mass is 10.2. The second kappa shape index (κ2) is 5.46. The number of aliphatic hydroxyl groups excluding tert-OH is 1. The lowest BCUT2D eigenvalue weighted by Gasteiger charge is -2.15. The van der Waals surface area contributed by atoms with E-state index >= 15 is 0 Å². The molecule has 1 unspecified atom stereocenters. The number of hydrogen-bond donors (Lipinski definition) is 1. The van der Waals surface area contributed by atoms with Crippen LogP contribution in [0.5, 0.6) is 0 Å². The number of hydrogen-bond acceptors (Lipinski definition) is 4. The minimum atomic E-state index is -0.490. The predicted octanol–water partition coefficient (Wildman–Crippen LogP) is 2.97. The zero-order valence-corrected chi connectivity index (χ0v) is 11.1. The number of nitrogens with zero attached hydrogens (tertiary/aromatic N) is 2. The predicted molar refractivity (Wildman–Crippen MR) is 71.3 cm³/mol. The van der Waals surface area contributed by atoms with Crippen molar-refractivity contribution in [3.8, 4) is 0 Å². The highest BCUT2D eigenvalue weighted by molar-refractivity contribution is 7.15.